The maximum Gasteiger partial charge on any atom is 0.574 e. The average Bonchev–Trinajstić information content (AvgIpc) is 2.29. The van der Waals surface area contributed by atoms with Crippen LogP contribution in [-0.4, -0.2) is 29.3 Å². The van der Waals surface area contributed by atoms with Crippen LogP contribution in [0.1, 0.15) is 11.3 Å². The minimum absolute atomic E-state index is 0.0513. The molecule has 0 radical (unpaired) electrons. The van der Waals surface area contributed by atoms with Gasteiger partial charge in [-0.15, -0.1) is 13.2 Å². The van der Waals surface area contributed by atoms with Crippen LogP contribution in [-0.2, 0) is 16.0 Å². The van der Waals surface area contributed by atoms with Crippen molar-refractivity contribution >= 4 is 11.7 Å². The van der Waals surface area contributed by atoms with E-state index in [-0.39, 0.29) is 5.69 Å². The van der Waals surface area contributed by atoms with Crippen molar-refractivity contribution in [2.75, 3.05) is 7.11 Å². The Morgan fingerprint density at radius 2 is 2.10 bits per heavy atom. The number of carbonyl (C=O) groups excluding carboxylic acids is 1. The standard InChI is InChI=1S/C10H9F3N2O5/c1-5-3-7(15(17)18)6(4-8(16)19-2)9(14-5)20-10(11,12)13/h3H,4H2,1-2H3. The molecule has 0 atom stereocenters. The van der Waals surface area contributed by atoms with Gasteiger partial charge in [-0.1, -0.05) is 0 Å². The van der Waals surface area contributed by atoms with Crippen molar-refractivity contribution in [1.82, 2.24) is 4.98 Å². The first-order valence-corrected chi connectivity index (χ1v) is 5.11. The number of hydrogen-bond acceptors (Lipinski definition) is 6. The number of carbonyl (C=O) groups is 1. The van der Waals surface area contributed by atoms with Crippen LogP contribution in [0.15, 0.2) is 6.07 Å². The lowest BCUT2D eigenvalue weighted by molar-refractivity contribution is -0.385. The molecule has 0 aliphatic carbocycles. The minimum atomic E-state index is -5.08. The predicted octanol–water partition coefficient (Wildman–Crippen LogP) is 1.91. The van der Waals surface area contributed by atoms with Gasteiger partial charge >= 0.3 is 12.3 Å². The van der Waals surface area contributed by atoms with Crippen LogP contribution in [0.2, 0.25) is 0 Å². The lowest BCUT2D eigenvalue weighted by Gasteiger charge is -2.12. The lowest BCUT2D eigenvalue weighted by Crippen LogP contribution is -2.20. The number of aromatic nitrogens is 1. The number of nitrogens with zero attached hydrogens (tertiary/aromatic N) is 2. The molecule has 1 aromatic heterocycles. The maximum absolute atomic E-state index is 12.3. The summed E-state index contributed by atoms with van der Waals surface area (Å²) < 4.78 is 44.7. The Labute approximate surface area is 110 Å². The van der Waals surface area contributed by atoms with Gasteiger partial charge in [0.05, 0.1) is 18.5 Å². The number of methoxy groups -OCH3 is 1. The Balaban J connectivity index is 3.38. The zero-order valence-corrected chi connectivity index (χ0v) is 10.4. The summed E-state index contributed by atoms with van der Waals surface area (Å²) in [6, 6.07) is 0.946. The van der Waals surface area contributed by atoms with E-state index in [4.69, 9.17) is 0 Å². The van der Waals surface area contributed by atoms with Crippen LogP contribution in [0.4, 0.5) is 18.9 Å². The van der Waals surface area contributed by atoms with Crippen molar-refractivity contribution in [1.29, 1.82) is 0 Å². The summed E-state index contributed by atoms with van der Waals surface area (Å²) in [6.07, 6.45) is -5.84. The number of esters is 1. The summed E-state index contributed by atoms with van der Waals surface area (Å²) in [4.78, 5) is 24.5. The highest BCUT2D eigenvalue weighted by Crippen LogP contribution is 2.32. The molecule has 0 saturated carbocycles. The molecule has 0 fully saturated rings. The van der Waals surface area contributed by atoms with E-state index in [1.54, 1.807) is 0 Å². The molecule has 0 aromatic carbocycles. The fraction of sp³-hybridized carbons (Fsp3) is 0.400. The number of rotatable bonds is 4. The van der Waals surface area contributed by atoms with Crippen LogP contribution < -0.4 is 4.74 Å². The second-order valence-electron chi connectivity index (χ2n) is 3.62. The SMILES string of the molecule is COC(=O)Cc1c([N+](=O)[O-])cc(C)nc1OC(F)(F)F. The quantitative estimate of drug-likeness (QED) is 0.478. The highest BCUT2D eigenvalue weighted by molar-refractivity contribution is 5.75. The maximum atomic E-state index is 12.3. The van der Waals surface area contributed by atoms with Gasteiger partial charge in [-0.2, -0.15) is 0 Å². The van der Waals surface area contributed by atoms with E-state index in [0.29, 0.717) is 0 Å². The Morgan fingerprint density at radius 1 is 1.50 bits per heavy atom. The van der Waals surface area contributed by atoms with Gasteiger partial charge in [0.2, 0.25) is 5.88 Å². The summed E-state index contributed by atoms with van der Waals surface area (Å²) in [5, 5.41) is 10.9. The van der Waals surface area contributed by atoms with Crippen molar-refractivity contribution in [2.24, 2.45) is 0 Å². The molecule has 10 heteroatoms. The first kappa shape index (κ1) is 15.7. The Bertz CT molecular complexity index is 544. The average molecular weight is 294 g/mol. The van der Waals surface area contributed by atoms with Gasteiger partial charge in [-0.05, 0) is 6.92 Å². The van der Waals surface area contributed by atoms with Crippen molar-refractivity contribution in [3.05, 3.63) is 27.4 Å². The van der Waals surface area contributed by atoms with E-state index in [1.807, 2.05) is 0 Å². The molecule has 0 amide bonds. The largest absolute Gasteiger partial charge is 0.574 e. The van der Waals surface area contributed by atoms with E-state index >= 15 is 0 Å². The van der Waals surface area contributed by atoms with Gasteiger partial charge in [0, 0.05) is 11.8 Å². The van der Waals surface area contributed by atoms with Crippen LogP contribution in [0.25, 0.3) is 0 Å². The lowest BCUT2D eigenvalue weighted by atomic mass is 10.1. The van der Waals surface area contributed by atoms with E-state index in [2.05, 4.69) is 14.5 Å². The summed E-state index contributed by atoms with van der Waals surface area (Å²) in [5.74, 6) is -1.99. The molecule has 0 aliphatic heterocycles. The van der Waals surface area contributed by atoms with Gasteiger partial charge in [0.25, 0.3) is 5.69 Å². The highest BCUT2D eigenvalue weighted by Gasteiger charge is 2.35. The second kappa shape index (κ2) is 5.72. The molecule has 0 spiro atoms. The zero-order chi connectivity index (χ0) is 15.5. The van der Waals surface area contributed by atoms with Crippen LogP contribution in [0.5, 0.6) is 5.88 Å². The van der Waals surface area contributed by atoms with Crippen molar-refractivity contribution < 1.29 is 32.4 Å². The van der Waals surface area contributed by atoms with E-state index < -0.39 is 40.8 Å². The molecule has 1 heterocycles. The second-order valence-corrected chi connectivity index (χ2v) is 3.62. The van der Waals surface area contributed by atoms with Gasteiger partial charge in [0.15, 0.2) is 0 Å². The Kier molecular flexibility index (Phi) is 4.48. The highest BCUT2D eigenvalue weighted by atomic mass is 19.4. The summed E-state index contributed by atoms with van der Waals surface area (Å²) in [7, 11) is 1.00. The third-order valence-corrected chi connectivity index (χ3v) is 2.15. The molecular formula is C10H9F3N2O5. The normalized spacial score (nSPS) is 11.1. The fourth-order valence-electron chi connectivity index (χ4n) is 1.39. The van der Waals surface area contributed by atoms with Crippen molar-refractivity contribution in [3.8, 4) is 5.88 Å². The molecule has 0 unspecified atom stereocenters. The molecule has 7 nitrogen and oxygen atoms in total. The first-order chi connectivity index (χ1) is 9.14. The monoisotopic (exact) mass is 294 g/mol. The summed E-state index contributed by atoms with van der Waals surface area (Å²) >= 11 is 0. The number of pyridine rings is 1. The molecule has 0 bridgehead atoms. The molecule has 20 heavy (non-hydrogen) atoms. The van der Waals surface area contributed by atoms with Crippen LogP contribution in [0, 0.1) is 17.0 Å². The van der Waals surface area contributed by atoms with Gasteiger partial charge in [-0.25, -0.2) is 4.98 Å². The zero-order valence-electron chi connectivity index (χ0n) is 10.4. The predicted molar refractivity (Wildman–Crippen MR) is 58.0 cm³/mol. The number of ether oxygens (including phenoxy) is 2. The van der Waals surface area contributed by atoms with Crippen molar-refractivity contribution in [2.45, 2.75) is 19.7 Å². The number of alkyl halides is 3. The Hall–Kier alpha value is -2.39. The van der Waals surface area contributed by atoms with E-state index in [9.17, 15) is 28.1 Å². The molecular weight excluding hydrogens is 285 g/mol. The summed E-state index contributed by atoms with van der Waals surface area (Å²) in [6.45, 7) is 1.26. The Morgan fingerprint density at radius 3 is 2.55 bits per heavy atom. The summed E-state index contributed by atoms with van der Waals surface area (Å²) in [5.41, 5.74) is -1.34. The van der Waals surface area contributed by atoms with E-state index in [0.717, 1.165) is 13.2 Å². The molecule has 1 aromatic rings. The fourth-order valence-corrected chi connectivity index (χ4v) is 1.39. The molecule has 110 valence electrons. The number of aryl methyl sites for hydroxylation is 1. The van der Waals surface area contributed by atoms with Gasteiger partial charge < -0.3 is 9.47 Å². The first-order valence-electron chi connectivity index (χ1n) is 5.11. The smallest absolute Gasteiger partial charge is 0.469 e. The van der Waals surface area contributed by atoms with E-state index in [1.165, 1.54) is 6.92 Å². The topological polar surface area (TPSA) is 91.6 Å². The van der Waals surface area contributed by atoms with Gasteiger partial charge in [0.1, 0.15) is 5.56 Å². The molecule has 0 saturated heterocycles. The third-order valence-electron chi connectivity index (χ3n) is 2.15. The van der Waals surface area contributed by atoms with Crippen LogP contribution in [0.3, 0.4) is 0 Å². The third kappa shape index (κ3) is 4.07. The minimum Gasteiger partial charge on any atom is -0.469 e. The molecule has 1 rings (SSSR count). The number of halogens is 3. The van der Waals surface area contributed by atoms with Crippen molar-refractivity contribution in [3.63, 3.8) is 0 Å². The van der Waals surface area contributed by atoms with Gasteiger partial charge in [-0.3, -0.25) is 14.9 Å². The number of hydrogen-bond donors (Lipinski definition) is 0. The van der Waals surface area contributed by atoms with Crippen LogP contribution >= 0.6 is 0 Å². The molecule has 0 N–H and O–H groups in total. The molecule has 0 aliphatic rings. The number of nitro groups is 1.